The van der Waals surface area contributed by atoms with Crippen molar-refractivity contribution in [3.8, 4) is 0 Å². The molecule has 1 aliphatic rings. The molecule has 5 heteroatoms. The molecule has 78 valence electrons. The van der Waals surface area contributed by atoms with Crippen molar-refractivity contribution in [3.05, 3.63) is 35.6 Å². The number of carbonyl (C=O) groups is 2. The van der Waals surface area contributed by atoms with Gasteiger partial charge in [0.1, 0.15) is 5.82 Å². The maximum Gasteiger partial charge on any atom is 0.417 e. The molecule has 0 N–H and O–H groups in total. The second kappa shape index (κ2) is 3.68. The minimum atomic E-state index is -0.649. The quantitative estimate of drug-likeness (QED) is 0.737. The second-order valence-electron chi connectivity index (χ2n) is 3.16. The van der Waals surface area contributed by atoms with E-state index in [2.05, 4.69) is 4.74 Å². The van der Waals surface area contributed by atoms with Gasteiger partial charge < -0.3 is 4.74 Å². The van der Waals surface area contributed by atoms with E-state index in [-0.39, 0.29) is 24.9 Å². The fraction of sp³-hybridized carbons (Fsp3) is 0.200. The van der Waals surface area contributed by atoms with Gasteiger partial charge in [-0.2, -0.15) is 0 Å². The van der Waals surface area contributed by atoms with Crippen LogP contribution in [0.4, 0.5) is 9.18 Å². The molecule has 0 radical (unpaired) electrons. The van der Waals surface area contributed by atoms with Crippen LogP contribution in [0.2, 0.25) is 0 Å². The number of imide groups is 1. The van der Waals surface area contributed by atoms with Crippen LogP contribution in [0.15, 0.2) is 24.3 Å². The molecule has 2 amide bonds. The minimum Gasteiger partial charge on any atom is -0.439 e. The molecule has 1 aromatic rings. The fourth-order valence-electron chi connectivity index (χ4n) is 1.31. The maximum atomic E-state index is 12.6. The first-order chi connectivity index (χ1) is 7.16. The van der Waals surface area contributed by atoms with Crippen LogP contribution in [0.5, 0.6) is 0 Å². The van der Waals surface area contributed by atoms with Crippen LogP contribution in [0.1, 0.15) is 5.56 Å². The van der Waals surface area contributed by atoms with Crippen LogP contribution in [0, 0.1) is 5.82 Å². The van der Waals surface area contributed by atoms with Crippen LogP contribution >= 0.6 is 0 Å². The van der Waals surface area contributed by atoms with Crippen molar-refractivity contribution in [1.29, 1.82) is 0 Å². The summed E-state index contributed by atoms with van der Waals surface area (Å²) in [6.07, 6.45) is -0.649. The van der Waals surface area contributed by atoms with Crippen molar-refractivity contribution in [3.63, 3.8) is 0 Å². The van der Waals surface area contributed by atoms with Crippen LogP contribution in [0.25, 0.3) is 0 Å². The van der Waals surface area contributed by atoms with E-state index >= 15 is 0 Å². The Balaban J connectivity index is 2.11. The summed E-state index contributed by atoms with van der Waals surface area (Å²) in [5.41, 5.74) is 0.684. The molecule has 0 aromatic heterocycles. The lowest BCUT2D eigenvalue weighted by atomic mass is 10.2. The molecule has 4 nitrogen and oxygen atoms in total. The first-order valence-corrected chi connectivity index (χ1v) is 4.38. The first kappa shape index (κ1) is 9.64. The molecule has 15 heavy (non-hydrogen) atoms. The number of halogens is 1. The summed E-state index contributed by atoms with van der Waals surface area (Å²) in [6.45, 7) is -0.0853. The van der Waals surface area contributed by atoms with Gasteiger partial charge in [0.25, 0.3) is 5.91 Å². The summed E-state index contributed by atoms with van der Waals surface area (Å²) in [5.74, 6) is -0.724. The van der Waals surface area contributed by atoms with Gasteiger partial charge >= 0.3 is 6.09 Å². The Labute approximate surface area is 85.2 Å². The number of carbonyl (C=O) groups excluding carboxylic acids is 2. The Morgan fingerprint density at radius 3 is 2.47 bits per heavy atom. The molecule has 0 bridgehead atoms. The Bertz CT molecular complexity index is 386. The number of cyclic esters (lactones) is 1. The zero-order chi connectivity index (χ0) is 10.8. The van der Waals surface area contributed by atoms with Gasteiger partial charge in [0.15, 0.2) is 6.61 Å². The van der Waals surface area contributed by atoms with E-state index in [1.54, 1.807) is 0 Å². The molecular weight excluding hydrogens is 201 g/mol. The van der Waals surface area contributed by atoms with Crippen molar-refractivity contribution in [1.82, 2.24) is 4.90 Å². The number of hydrogen-bond acceptors (Lipinski definition) is 3. The number of nitrogens with zero attached hydrogens (tertiary/aromatic N) is 1. The third kappa shape index (κ3) is 1.96. The zero-order valence-corrected chi connectivity index (χ0v) is 7.77. The van der Waals surface area contributed by atoms with E-state index in [1.807, 2.05) is 0 Å². The van der Waals surface area contributed by atoms with Crippen molar-refractivity contribution < 1.29 is 18.7 Å². The lowest BCUT2D eigenvalue weighted by Crippen LogP contribution is -2.28. The molecule has 1 aromatic carbocycles. The average Bonchev–Trinajstić information content (AvgIpc) is 2.53. The van der Waals surface area contributed by atoms with Gasteiger partial charge in [0, 0.05) is 0 Å². The monoisotopic (exact) mass is 209 g/mol. The van der Waals surface area contributed by atoms with Gasteiger partial charge in [-0.05, 0) is 17.7 Å². The molecule has 0 saturated carbocycles. The van der Waals surface area contributed by atoms with Gasteiger partial charge in [-0.1, -0.05) is 12.1 Å². The normalized spacial score (nSPS) is 15.7. The Morgan fingerprint density at radius 2 is 1.93 bits per heavy atom. The summed E-state index contributed by atoms with van der Waals surface area (Å²) < 4.78 is 17.1. The summed E-state index contributed by atoms with van der Waals surface area (Å²) in [5, 5.41) is 0. The molecule has 0 unspecified atom stereocenters. The smallest absolute Gasteiger partial charge is 0.417 e. The van der Waals surface area contributed by atoms with E-state index < -0.39 is 6.09 Å². The minimum absolute atomic E-state index is 0.123. The summed E-state index contributed by atoms with van der Waals surface area (Å²) >= 11 is 0. The number of ether oxygens (including phenoxy) is 1. The second-order valence-corrected chi connectivity index (χ2v) is 3.16. The standard InChI is InChI=1S/C10H8FNO3/c11-8-3-1-7(2-4-8)5-12-9(13)6-15-10(12)14/h1-4H,5-6H2. The number of benzene rings is 1. The molecule has 1 fully saturated rings. The molecule has 1 heterocycles. The van der Waals surface area contributed by atoms with Crippen molar-refractivity contribution >= 4 is 12.0 Å². The lowest BCUT2D eigenvalue weighted by molar-refractivity contribution is -0.126. The Hall–Kier alpha value is -1.91. The summed E-state index contributed by atoms with van der Waals surface area (Å²) in [4.78, 5) is 23.2. The molecule has 0 atom stereocenters. The lowest BCUT2D eigenvalue weighted by Gasteiger charge is -2.10. The average molecular weight is 209 g/mol. The summed E-state index contributed by atoms with van der Waals surface area (Å²) in [6, 6.07) is 5.60. The van der Waals surface area contributed by atoms with Crippen LogP contribution in [-0.2, 0) is 16.1 Å². The highest BCUT2D eigenvalue weighted by Gasteiger charge is 2.30. The van der Waals surface area contributed by atoms with Crippen molar-refractivity contribution in [2.75, 3.05) is 6.61 Å². The van der Waals surface area contributed by atoms with E-state index in [4.69, 9.17) is 0 Å². The van der Waals surface area contributed by atoms with Crippen molar-refractivity contribution in [2.45, 2.75) is 6.54 Å². The number of rotatable bonds is 2. The maximum absolute atomic E-state index is 12.6. The first-order valence-electron chi connectivity index (χ1n) is 4.38. The SMILES string of the molecule is O=C1COC(=O)N1Cc1ccc(F)cc1. The predicted molar refractivity (Wildman–Crippen MR) is 48.3 cm³/mol. The predicted octanol–water partition coefficient (Wildman–Crippen LogP) is 1.30. The van der Waals surface area contributed by atoms with Gasteiger partial charge in [0.2, 0.25) is 0 Å². The molecule has 2 rings (SSSR count). The molecule has 0 spiro atoms. The van der Waals surface area contributed by atoms with Crippen molar-refractivity contribution in [2.24, 2.45) is 0 Å². The molecule has 1 saturated heterocycles. The van der Waals surface area contributed by atoms with Crippen LogP contribution in [-0.4, -0.2) is 23.5 Å². The molecular formula is C10H8FNO3. The Morgan fingerprint density at radius 1 is 1.27 bits per heavy atom. The topological polar surface area (TPSA) is 46.6 Å². The van der Waals surface area contributed by atoms with E-state index in [0.29, 0.717) is 5.56 Å². The van der Waals surface area contributed by atoms with Gasteiger partial charge in [-0.25, -0.2) is 14.1 Å². The summed E-state index contributed by atoms with van der Waals surface area (Å²) in [7, 11) is 0. The van der Waals surface area contributed by atoms with E-state index in [1.165, 1.54) is 24.3 Å². The van der Waals surface area contributed by atoms with Crippen LogP contribution in [0.3, 0.4) is 0 Å². The van der Waals surface area contributed by atoms with Gasteiger partial charge in [-0.15, -0.1) is 0 Å². The third-order valence-electron chi connectivity index (χ3n) is 2.09. The van der Waals surface area contributed by atoms with Crippen LogP contribution < -0.4 is 0 Å². The van der Waals surface area contributed by atoms with Gasteiger partial charge in [0.05, 0.1) is 6.54 Å². The van der Waals surface area contributed by atoms with E-state index in [9.17, 15) is 14.0 Å². The number of amides is 2. The highest BCUT2D eigenvalue weighted by atomic mass is 19.1. The zero-order valence-electron chi connectivity index (χ0n) is 7.77. The highest BCUT2D eigenvalue weighted by Crippen LogP contribution is 2.11. The number of hydrogen-bond donors (Lipinski definition) is 0. The Kier molecular flexibility index (Phi) is 2.37. The van der Waals surface area contributed by atoms with E-state index in [0.717, 1.165) is 4.90 Å². The highest BCUT2D eigenvalue weighted by molar-refractivity contribution is 5.97. The molecule has 0 aliphatic carbocycles. The van der Waals surface area contributed by atoms with Gasteiger partial charge in [-0.3, -0.25) is 4.79 Å². The largest absolute Gasteiger partial charge is 0.439 e. The fourth-order valence-corrected chi connectivity index (χ4v) is 1.31. The third-order valence-corrected chi connectivity index (χ3v) is 2.09. The molecule has 1 aliphatic heterocycles.